The summed E-state index contributed by atoms with van der Waals surface area (Å²) in [4.78, 5) is 12.6. The lowest BCUT2D eigenvalue weighted by Crippen LogP contribution is -2.30. The van der Waals surface area contributed by atoms with Gasteiger partial charge in [-0.3, -0.25) is 15.0 Å². The average molecular weight is 391 g/mol. The van der Waals surface area contributed by atoms with Gasteiger partial charge in [0.1, 0.15) is 0 Å². The fraction of sp³-hybridized carbons (Fsp3) is 0.235. The normalized spacial score (nSPS) is 11.9. The van der Waals surface area contributed by atoms with Crippen LogP contribution in [0.25, 0.3) is 0 Å². The zero-order chi connectivity index (χ0) is 20.0. The van der Waals surface area contributed by atoms with E-state index in [1.54, 1.807) is 44.6 Å². The Hall–Kier alpha value is -2.82. The molecule has 0 aliphatic rings. The van der Waals surface area contributed by atoms with E-state index in [4.69, 9.17) is 14.6 Å². The maximum absolute atomic E-state index is 11.0. The maximum atomic E-state index is 11.0. The number of hydrogen-bond acceptors (Lipinski definition) is 7. The van der Waals surface area contributed by atoms with Crippen LogP contribution in [0.15, 0.2) is 40.4 Å². The lowest BCUT2D eigenvalue weighted by Gasteiger charge is -2.14. The molecule has 0 saturated heterocycles. The van der Waals surface area contributed by atoms with Crippen LogP contribution in [0, 0.1) is 0 Å². The molecule has 2 aromatic rings. The number of ether oxygens (including phenoxy) is 2. The van der Waals surface area contributed by atoms with Gasteiger partial charge in [0.25, 0.3) is 10.2 Å². The van der Waals surface area contributed by atoms with Gasteiger partial charge in [-0.2, -0.15) is 13.1 Å². The Balaban J connectivity index is 2.41. The van der Waals surface area contributed by atoms with Crippen molar-refractivity contribution in [3.8, 4) is 11.5 Å². The quantitative estimate of drug-likeness (QED) is 0.653. The summed E-state index contributed by atoms with van der Waals surface area (Å²) >= 11 is 0. The first kappa shape index (κ1) is 20.5. The molecule has 0 aliphatic carbocycles. The zero-order valence-corrected chi connectivity index (χ0v) is 16.1. The van der Waals surface area contributed by atoms with E-state index in [9.17, 15) is 8.42 Å². The Labute approximate surface area is 158 Å². The van der Waals surface area contributed by atoms with Crippen molar-refractivity contribution in [3.63, 3.8) is 0 Å². The molecule has 0 bridgehead atoms. The molecule has 0 atom stereocenters. The van der Waals surface area contributed by atoms with Crippen LogP contribution in [-0.2, 0) is 16.8 Å². The highest BCUT2D eigenvalue weighted by atomic mass is 32.2. The molecule has 1 aromatic carbocycles. The summed E-state index contributed by atoms with van der Waals surface area (Å²) < 4.78 is 34.8. The number of aliphatic imine (C=N–C) groups is 2. The van der Waals surface area contributed by atoms with E-state index in [1.165, 1.54) is 7.11 Å². The summed E-state index contributed by atoms with van der Waals surface area (Å²) in [7, 11) is 0.951. The third-order valence-corrected chi connectivity index (χ3v) is 4.25. The molecule has 1 heterocycles. The van der Waals surface area contributed by atoms with Crippen LogP contribution in [0.2, 0.25) is 0 Å². The molecule has 0 aliphatic heterocycles. The van der Waals surface area contributed by atoms with Crippen LogP contribution in [-0.4, -0.2) is 47.1 Å². The molecule has 0 spiro atoms. The van der Waals surface area contributed by atoms with Crippen LogP contribution in [0.5, 0.6) is 11.5 Å². The number of nitrogens with one attached hydrogen (secondary N) is 1. The van der Waals surface area contributed by atoms with E-state index < -0.39 is 10.2 Å². The summed E-state index contributed by atoms with van der Waals surface area (Å²) in [6.07, 6.45) is 1.59. The lowest BCUT2D eigenvalue weighted by atomic mass is 10.0. The van der Waals surface area contributed by atoms with Crippen molar-refractivity contribution >= 4 is 28.3 Å². The van der Waals surface area contributed by atoms with Gasteiger partial charge in [0.2, 0.25) is 0 Å². The topological polar surface area (TPSA) is 128 Å². The molecule has 0 radical (unpaired) electrons. The Bertz CT molecular complexity index is 956. The number of pyridine rings is 1. The number of rotatable bonds is 8. The standard InChI is InChI=1S/C17H21N5O4S/c1-19-14-8-16(26-4)15(25-3)7-13(14)17(20-2)11-5-6-12(21-9-11)10-22-27(18,23)24/h5-9,22H,1,10H2,2-4H3,(H2,18,23,24). The molecule has 0 saturated carbocycles. The molecule has 144 valence electrons. The number of methoxy groups -OCH3 is 2. The first-order valence-electron chi connectivity index (χ1n) is 7.75. The van der Waals surface area contributed by atoms with E-state index in [1.807, 2.05) is 0 Å². The van der Waals surface area contributed by atoms with Crippen molar-refractivity contribution in [3.05, 3.63) is 47.3 Å². The highest BCUT2D eigenvalue weighted by molar-refractivity contribution is 7.87. The molecule has 0 amide bonds. The fourth-order valence-electron chi connectivity index (χ4n) is 2.44. The third kappa shape index (κ3) is 5.09. The van der Waals surface area contributed by atoms with Crippen molar-refractivity contribution in [2.75, 3.05) is 21.3 Å². The minimum absolute atomic E-state index is 0.00641. The SMILES string of the molecule is C=Nc1cc(OC)c(OC)cc1C(=NC)c1ccc(CNS(N)(=O)=O)nc1. The van der Waals surface area contributed by atoms with Crippen LogP contribution in [0.3, 0.4) is 0 Å². The van der Waals surface area contributed by atoms with E-state index in [2.05, 4.69) is 26.4 Å². The molecule has 1 aromatic heterocycles. The highest BCUT2D eigenvalue weighted by Gasteiger charge is 2.16. The van der Waals surface area contributed by atoms with Gasteiger partial charge in [-0.25, -0.2) is 5.14 Å². The van der Waals surface area contributed by atoms with Gasteiger partial charge in [-0.05, 0) is 24.9 Å². The lowest BCUT2D eigenvalue weighted by molar-refractivity contribution is 0.355. The number of nitrogens with zero attached hydrogens (tertiary/aromatic N) is 3. The third-order valence-electron chi connectivity index (χ3n) is 3.70. The molecule has 9 nitrogen and oxygen atoms in total. The molecule has 0 unspecified atom stereocenters. The van der Waals surface area contributed by atoms with Gasteiger partial charge < -0.3 is 9.47 Å². The fourth-order valence-corrected chi connectivity index (χ4v) is 2.79. The number of nitrogens with two attached hydrogens (primary N) is 1. The van der Waals surface area contributed by atoms with Crippen LogP contribution in [0.1, 0.15) is 16.8 Å². The number of hydrogen-bond donors (Lipinski definition) is 2. The minimum atomic E-state index is -3.78. The predicted molar refractivity (Wildman–Crippen MR) is 105 cm³/mol. The van der Waals surface area contributed by atoms with E-state index in [0.717, 1.165) is 0 Å². The summed E-state index contributed by atoms with van der Waals surface area (Å²) in [5.74, 6) is 1.06. The number of aromatic nitrogens is 1. The monoisotopic (exact) mass is 391 g/mol. The molecular formula is C17H21N5O4S. The molecule has 10 heteroatoms. The second-order valence-corrected chi connectivity index (χ2v) is 6.74. The highest BCUT2D eigenvalue weighted by Crippen LogP contribution is 2.35. The Morgan fingerprint density at radius 1 is 1.26 bits per heavy atom. The molecular weight excluding hydrogens is 370 g/mol. The Morgan fingerprint density at radius 2 is 1.93 bits per heavy atom. The second kappa shape index (κ2) is 8.71. The van der Waals surface area contributed by atoms with Crippen molar-refractivity contribution in [2.45, 2.75) is 6.54 Å². The Kier molecular flexibility index (Phi) is 6.61. The van der Waals surface area contributed by atoms with E-state index >= 15 is 0 Å². The van der Waals surface area contributed by atoms with Crippen molar-refractivity contribution in [1.82, 2.24) is 9.71 Å². The smallest absolute Gasteiger partial charge is 0.274 e. The van der Waals surface area contributed by atoms with Gasteiger partial charge in [0.05, 0.1) is 37.9 Å². The number of benzene rings is 1. The van der Waals surface area contributed by atoms with E-state index in [0.29, 0.717) is 39.7 Å². The van der Waals surface area contributed by atoms with Crippen molar-refractivity contribution < 1.29 is 17.9 Å². The van der Waals surface area contributed by atoms with Crippen molar-refractivity contribution in [2.24, 2.45) is 15.1 Å². The zero-order valence-electron chi connectivity index (χ0n) is 15.3. The predicted octanol–water partition coefficient (Wildman–Crippen LogP) is 1.19. The van der Waals surface area contributed by atoms with Crippen molar-refractivity contribution in [1.29, 1.82) is 0 Å². The van der Waals surface area contributed by atoms with Crippen LogP contribution < -0.4 is 19.3 Å². The van der Waals surface area contributed by atoms with Gasteiger partial charge in [0.15, 0.2) is 11.5 Å². The first-order chi connectivity index (χ1) is 12.8. The van der Waals surface area contributed by atoms with Gasteiger partial charge in [-0.15, -0.1) is 0 Å². The average Bonchev–Trinajstić information content (AvgIpc) is 2.66. The Morgan fingerprint density at radius 3 is 2.41 bits per heavy atom. The molecule has 27 heavy (non-hydrogen) atoms. The second-order valence-electron chi connectivity index (χ2n) is 5.36. The molecule has 0 fully saturated rings. The summed E-state index contributed by atoms with van der Waals surface area (Å²) in [6, 6.07) is 6.94. The summed E-state index contributed by atoms with van der Waals surface area (Å²) in [6.45, 7) is 3.59. The van der Waals surface area contributed by atoms with E-state index in [-0.39, 0.29) is 6.54 Å². The molecule has 2 rings (SSSR count). The molecule has 3 N–H and O–H groups in total. The van der Waals surface area contributed by atoms with Crippen LogP contribution >= 0.6 is 0 Å². The summed E-state index contributed by atoms with van der Waals surface area (Å²) in [5, 5.41) is 4.92. The maximum Gasteiger partial charge on any atom is 0.274 e. The largest absolute Gasteiger partial charge is 0.493 e. The summed E-state index contributed by atoms with van der Waals surface area (Å²) in [5.41, 5.74) is 3.12. The van der Waals surface area contributed by atoms with Gasteiger partial charge in [0, 0.05) is 30.4 Å². The van der Waals surface area contributed by atoms with Crippen LogP contribution in [0.4, 0.5) is 5.69 Å². The minimum Gasteiger partial charge on any atom is -0.493 e. The first-order valence-corrected chi connectivity index (χ1v) is 9.30. The van der Waals surface area contributed by atoms with Gasteiger partial charge >= 0.3 is 0 Å². The van der Waals surface area contributed by atoms with Gasteiger partial charge in [-0.1, -0.05) is 0 Å².